The van der Waals surface area contributed by atoms with E-state index in [9.17, 15) is 9.59 Å². The van der Waals surface area contributed by atoms with Crippen molar-refractivity contribution in [3.05, 3.63) is 54.4 Å². The van der Waals surface area contributed by atoms with Gasteiger partial charge in [0.05, 0.1) is 19.0 Å². The number of aromatic nitrogens is 1. The molecule has 6 heteroatoms. The lowest BCUT2D eigenvalue weighted by atomic mass is 10.2. The molecule has 0 spiro atoms. The molecule has 23 heavy (non-hydrogen) atoms. The molecule has 0 aliphatic rings. The molecule has 1 aromatic heterocycles. The molecule has 1 aromatic carbocycles. The highest BCUT2D eigenvalue weighted by Crippen LogP contribution is 2.11. The molecule has 0 saturated heterocycles. The first-order valence-electron chi connectivity index (χ1n) is 7.27. The van der Waals surface area contributed by atoms with Crippen molar-refractivity contribution in [3.63, 3.8) is 0 Å². The fourth-order valence-electron chi connectivity index (χ4n) is 1.92. The Morgan fingerprint density at radius 3 is 2.48 bits per heavy atom. The van der Waals surface area contributed by atoms with Crippen molar-refractivity contribution in [2.75, 3.05) is 12.4 Å². The van der Waals surface area contributed by atoms with Gasteiger partial charge in [0.1, 0.15) is 5.75 Å². The predicted octanol–water partition coefficient (Wildman–Crippen LogP) is 2.13. The summed E-state index contributed by atoms with van der Waals surface area (Å²) < 4.78 is 5.07. The number of nitrogens with one attached hydrogen (secondary N) is 2. The smallest absolute Gasteiger partial charge is 0.224 e. The van der Waals surface area contributed by atoms with Crippen LogP contribution in [0.2, 0.25) is 0 Å². The summed E-state index contributed by atoms with van der Waals surface area (Å²) in [6.45, 7) is 0.424. The van der Waals surface area contributed by atoms with Crippen LogP contribution in [0.25, 0.3) is 0 Å². The molecule has 2 rings (SSSR count). The Bertz CT molecular complexity index is 642. The van der Waals surface area contributed by atoms with E-state index in [1.54, 1.807) is 31.6 Å². The maximum absolute atomic E-state index is 11.8. The van der Waals surface area contributed by atoms with Gasteiger partial charge in [-0.25, -0.2) is 0 Å². The molecule has 0 saturated carbocycles. The Labute approximate surface area is 134 Å². The van der Waals surface area contributed by atoms with Gasteiger partial charge in [-0.1, -0.05) is 12.1 Å². The molecule has 0 atom stereocenters. The SMILES string of the molecule is COc1ccc(CNC(=O)CCC(=O)Nc2cccnc2)cc1. The fourth-order valence-corrected chi connectivity index (χ4v) is 1.92. The standard InChI is InChI=1S/C17H19N3O3/c1-23-15-6-4-13(5-7-15)11-19-16(21)8-9-17(22)20-14-3-2-10-18-12-14/h2-7,10,12H,8-9,11H2,1H3,(H,19,21)(H,20,22). The lowest BCUT2D eigenvalue weighted by molar-refractivity contribution is -0.124. The second-order valence-electron chi connectivity index (χ2n) is 4.91. The lowest BCUT2D eigenvalue weighted by Gasteiger charge is -2.07. The summed E-state index contributed by atoms with van der Waals surface area (Å²) in [4.78, 5) is 27.4. The van der Waals surface area contributed by atoms with E-state index in [-0.39, 0.29) is 24.7 Å². The van der Waals surface area contributed by atoms with Crippen LogP contribution in [0.5, 0.6) is 5.75 Å². The number of benzene rings is 1. The van der Waals surface area contributed by atoms with Crippen LogP contribution < -0.4 is 15.4 Å². The van der Waals surface area contributed by atoms with Crippen LogP contribution in [0, 0.1) is 0 Å². The van der Waals surface area contributed by atoms with Gasteiger partial charge >= 0.3 is 0 Å². The molecule has 2 aromatic rings. The van der Waals surface area contributed by atoms with E-state index in [1.165, 1.54) is 0 Å². The number of amides is 2. The summed E-state index contributed by atoms with van der Waals surface area (Å²) in [5.41, 5.74) is 1.59. The second kappa shape index (κ2) is 8.53. The largest absolute Gasteiger partial charge is 0.497 e. The minimum absolute atomic E-state index is 0.128. The second-order valence-corrected chi connectivity index (χ2v) is 4.91. The number of pyridine rings is 1. The predicted molar refractivity (Wildman–Crippen MR) is 86.9 cm³/mol. The van der Waals surface area contributed by atoms with Crippen LogP contribution in [0.3, 0.4) is 0 Å². The highest BCUT2D eigenvalue weighted by Gasteiger charge is 2.07. The van der Waals surface area contributed by atoms with Gasteiger partial charge in [0.25, 0.3) is 0 Å². The third kappa shape index (κ3) is 5.78. The zero-order valence-electron chi connectivity index (χ0n) is 12.9. The number of rotatable bonds is 7. The van der Waals surface area contributed by atoms with Gasteiger partial charge in [-0.3, -0.25) is 14.6 Å². The number of carbonyl (C=O) groups excluding carboxylic acids is 2. The van der Waals surface area contributed by atoms with E-state index in [4.69, 9.17) is 4.74 Å². The summed E-state index contributed by atoms with van der Waals surface area (Å²) in [6.07, 6.45) is 3.45. The Morgan fingerprint density at radius 1 is 1.09 bits per heavy atom. The Kier molecular flexibility index (Phi) is 6.11. The molecular weight excluding hydrogens is 294 g/mol. The van der Waals surface area contributed by atoms with Crippen molar-refractivity contribution in [1.29, 1.82) is 0 Å². The van der Waals surface area contributed by atoms with Crippen molar-refractivity contribution in [2.45, 2.75) is 19.4 Å². The number of anilines is 1. The molecule has 0 radical (unpaired) electrons. The minimum atomic E-state index is -0.211. The number of carbonyl (C=O) groups is 2. The Hall–Kier alpha value is -2.89. The number of nitrogens with zero attached hydrogens (tertiary/aromatic N) is 1. The first-order valence-corrected chi connectivity index (χ1v) is 7.27. The van der Waals surface area contributed by atoms with E-state index >= 15 is 0 Å². The maximum atomic E-state index is 11.8. The first-order chi connectivity index (χ1) is 11.2. The van der Waals surface area contributed by atoms with Gasteiger partial charge in [0.15, 0.2) is 0 Å². The van der Waals surface area contributed by atoms with Gasteiger partial charge in [-0.2, -0.15) is 0 Å². The Balaban J connectivity index is 1.69. The van der Waals surface area contributed by atoms with Gasteiger partial charge < -0.3 is 15.4 Å². The topological polar surface area (TPSA) is 80.3 Å². The Morgan fingerprint density at radius 2 is 1.83 bits per heavy atom. The number of hydrogen-bond acceptors (Lipinski definition) is 4. The molecule has 0 bridgehead atoms. The van der Waals surface area contributed by atoms with E-state index in [0.29, 0.717) is 12.2 Å². The van der Waals surface area contributed by atoms with Crippen molar-refractivity contribution in [2.24, 2.45) is 0 Å². The maximum Gasteiger partial charge on any atom is 0.224 e. The molecule has 6 nitrogen and oxygen atoms in total. The minimum Gasteiger partial charge on any atom is -0.497 e. The fraction of sp³-hybridized carbons (Fsp3) is 0.235. The average Bonchev–Trinajstić information content (AvgIpc) is 2.59. The van der Waals surface area contributed by atoms with Crippen LogP contribution >= 0.6 is 0 Å². The summed E-state index contributed by atoms with van der Waals surface area (Å²) in [6, 6.07) is 10.9. The zero-order chi connectivity index (χ0) is 16.5. The van der Waals surface area contributed by atoms with Crippen LogP contribution in [-0.2, 0) is 16.1 Å². The van der Waals surface area contributed by atoms with E-state index in [0.717, 1.165) is 11.3 Å². The average molecular weight is 313 g/mol. The molecule has 0 aliphatic carbocycles. The van der Waals surface area contributed by atoms with Crippen LogP contribution in [0.15, 0.2) is 48.8 Å². The number of methoxy groups -OCH3 is 1. The molecule has 2 amide bonds. The molecule has 1 heterocycles. The number of hydrogen-bond donors (Lipinski definition) is 2. The third-order valence-electron chi connectivity index (χ3n) is 3.17. The first kappa shape index (κ1) is 16.5. The van der Waals surface area contributed by atoms with Gasteiger partial charge in [-0.15, -0.1) is 0 Å². The van der Waals surface area contributed by atoms with Crippen molar-refractivity contribution in [3.8, 4) is 5.75 Å². The van der Waals surface area contributed by atoms with Gasteiger partial charge in [0.2, 0.25) is 11.8 Å². The van der Waals surface area contributed by atoms with Gasteiger partial charge in [-0.05, 0) is 29.8 Å². The monoisotopic (exact) mass is 313 g/mol. The zero-order valence-corrected chi connectivity index (χ0v) is 12.9. The molecule has 0 fully saturated rings. The van der Waals surface area contributed by atoms with E-state index in [1.807, 2.05) is 24.3 Å². The summed E-state index contributed by atoms with van der Waals surface area (Å²) in [5.74, 6) is 0.395. The summed E-state index contributed by atoms with van der Waals surface area (Å²) in [7, 11) is 1.60. The van der Waals surface area contributed by atoms with Crippen molar-refractivity contribution >= 4 is 17.5 Å². The molecular formula is C17H19N3O3. The molecule has 0 aliphatic heterocycles. The number of ether oxygens (including phenoxy) is 1. The van der Waals surface area contributed by atoms with Crippen molar-refractivity contribution in [1.82, 2.24) is 10.3 Å². The summed E-state index contributed by atoms with van der Waals surface area (Å²) in [5, 5.41) is 5.47. The van der Waals surface area contributed by atoms with E-state index < -0.39 is 0 Å². The van der Waals surface area contributed by atoms with Crippen molar-refractivity contribution < 1.29 is 14.3 Å². The highest BCUT2D eigenvalue weighted by atomic mass is 16.5. The molecule has 120 valence electrons. The third-order valence-corrected chi connectivity index (χ3v) is 3.17. The van der Waals surface area contributed by atoms with Crippen LogP contribution in [-0.4, -0.2) is 23.9 Å². The normalized spacial score (nSPS) is 9.96. The summed E-state index contributed by atoms with van der Waals surface area (Å²) >= 11 is 0. The van der Waals surface area contributed by atoms with E-state index in [2.05, 4.69) is 15.6 Å². The highest BCUT2D eigenvalue weighted by molar-refractivity contribution is 5.93. The molecule has 2 N–H and O–H groups in total. The lowest BCUT2D eigenvalue weighted by Crippen LogP contribution is -2.24. The quantitative estimate of drug-likeness (QED) is 0.820. The van der Waals surface area contributed by atoms with Crippen LogP contribution in [0.1, 0.15) is 18.4 Å². The van der Waals surface area contributed by atoms with Gasteiger partial charge in [0, 0.05) is 25.6 Å². The molecule has 0 unspecified atom stereocenters. The van der Waals surface area contributed by atoms with Crippen LogP contribution in [0.4, 0.5) is 5.69 Å².